The molecule has 0 amide bonds. The normalized spacial score (nSPS) is 7.45. The minimum atomic E-state index is 0.878. The molecule has 0 fully saturated rings. The van der Waals surface area contributed by atoms with Crippen LogP contribution in [-0.2, 0) is 45.4 Å². The van der Waals surface area contributed by atoms with Gasteiger partial charge >= 0.3 is 0 Å². The van der Waals surface area contributed by atoms with Crippen LogP contribution in [0.3, 0.4) is 0 Å². The molecular weight excluding hydrogens is 316 g/mol. The van der Waals surface area contributed by atoms with E-state index < -0.39 is 0 Å². The molecule has 1 N–H and O–H groups in total. The second-order valence-corrected chi connectivity index (χ2v) is 4.05. The van der Waals surface area contributed by atoms with E-state index in [0.717, 1.165) is 13.1 Å². The van der Waals surface area contributed by atoms with Crippen LogP contribution in [0.15, 0.2) is 50.1 Å². The molecule has 0 unspecified atom stereocenters. The average Bonchev–Trinajstić information content (AvgIpc) is 3.13. The minimum Gasteiger partial charge on any atom is -0.696 e. The predicted molar refractivity (Wildman–Crippen MR) is 88.4 cm³/mol. The first-order valence-corrected chi connectivity index (χ1v) is 7.07. The lowest BCUT2D eigenvalue weighted by atomic mass is 10.6. The zero-order valence-corrected chi connectivity index (χ0v) is 14.3. The van der Waals surface area contributed by atoms with E-state index in [1.807, 2.05) is 47.2 Å². The van der Waals surface area contributed by atoms with Crippen molar-refractivity contribution < 1.29 is 9.13 Å². The third kappa shape index (κ3) is 14.0. The van der Waals surface area contributed by atoms with E-state index in [4.69, 9.17) is 10.5 Å². The van der Waals surface area contributed by atoms with Crippen molar-refractivity contribution in [1.82, 2.24) is 9.55 Å². The van der Waals surface area contributed by atoms with Crippen molar-refractivity contribution in [2.45, 2.75) is 20.0 Å². The van der Waals surface area contributed by atoms with Gasteiger partial charge < -0.3 is 25.3 Å². The Labute approximate surface area is 142 Å². The van der Waals surface area contributed by atoms with Gasteiger partial charge in [0, 0.05) is 0 Å². The second kappa shape index (κ2) is 16.6. The lowest BCUT2D eigenvalue weighted by Crippen LogP contribution is -2.28. The molecule has 2 rings (SSSR count). The van der Waals surface area contributed by atoms with E-state index in [1.54, 1.807) is 0 Å². The van der Waals surface area contributed by atoms with Crippen molar-refractivity contribution in [2.24, 2.45) is 7.05 Å². The monoisotopic (exact) mass is 336 g/mol. The van der Waals surface area contributed by atoms with Crippen LogP contribution in [0, 0.1) is 21.3 Å². The maximum atomic E-state index is 7.13. The van der Waals surface area contributed by atoms with Crippen molar-refractivity contribution in [3.63, 3.8) is 0 Å². The third-order valence-corrected chi connectivity index (χ3v) is 2.13. The predicted octanol–water partition coefficient (Wildman–Crippen LogP) is 0.849. The maximum absolute atomic E-state index is 7.13. The highest BCUT2D eigenvalue weighted by molar-refractivity contribution is 7.64. The molecule has 0 radical (unpaired) electrons. The van der Waals surface area contributed by atoms with Gasteiger partial charge in [-0.15, -0.1) is 0 Å². The largest absolute Gasteiger partial charge is 0.696 e. The number of imidazole rings is 2. The molecule has 8 heteroatoms. The molecule has 0 atom stereocenters. The van der Waals surface area contributed by atoms with E-state index in [-0.39, 0.29) is 0 Å². The van der Waals surface area contributed by atoms with Crippen LogP contribution in [0.5, 0.6) is 0 Å². The van der Waals surface area contributed by atoms with Crippen LogP contribution < -0.4 is 9.13 Å². The SMILES string of the molecule is C=CC[n+]1cc[nH]c1.CCn1cc[n+](C)c1.N#C[S-].N#C[S-]. The number of aryl methyl sites for hydroxylation is 2. The summed E-state index contributed by atoms with van der Waals surface area (Å²) in [6.07, 6.45) is 13.7. The number of hydrogen-bond acceptors (Lipinski definition) is 4. The Hall–Kier alpha value is -2.42. The van der Waals surface area contributed by atoms with E-state index in [9.17, 15) is 0 Å². The molecule has 0 saturated carbocycles. The van der Waals surface area contributed by atoms with E-state index in [2.05, 4.69) is 60.8 Å². The van der Waals surface area contributed by atoms with Gasteiger partial charge in [-0.3, -0.25) is 4.98 Å². The lowest BCUT2D eigenvalue weighted by molar-refractivity contribution is -0.685. The van der Waals surface area contributed by atoms with Gasteiger partial charge in [0.05, 0.1) is 13.6 Å². The fourth-order valence-electron chi connectivity index (χ4n) is 1.27. The van der Waals surface area contributed by atoms with Crippen LogP contribution in [0.4, 0.5) is 0 Å². The highest BCUT2D eigenvalue weighted by Crippen LogP contribution is 1.79. The summed E-state index contributed by atoms with van der Waals surface area (Å²) in [5.41, 5.74) is 0. The highest BCUT2D eigenvalue weighted by atomic mass is 32.1. The molecular formula is C14H20N6S2. The van der Waals surface area contributed by atoms with Gasteiger partial charge in [-0.05, 0) is 6.92 Å². The zero-order valence-electron chi connectivity index (χ0n) is 12.7. The standard InChI is InChI=1S/C6H11N2.C6H8N2.2CHNS/c1-3-8-5-4-7(2)6-8;1-2-4-8-5-3-7-6-8;2*2-1-3/h4-6H,3H2,1-2H3;2-3,5-6H,1,4H2;2*3H/q+1;;;/p-1. The minimum absolute atomic E-state index is 0.878. The second-order valence-electron chi connectivity index (χ2n) is 3.69. The van der Waals surface area contributed by atoms with Gasteiger partial charge in [0.25, 0.3) is 0 Å². The number of thiocyanates is 2. The first-order chi connectivity index (χ1) is 10.6. The molecule has 0 aromatic carbocycles. The Morgan fingerprint density at radius 1 is 1.32 bits per heavy atom. The molecule has 2 heterocycles. The summed E-state index contributed by atoms with van der Waals surface area (Å²) in [6.45, 7) is 7.66. The Balaban J connectivity index is 0. The summed E-state index contributed by atoms with van der Waals surface area (Å²) < 4.78 is 6.16. The van der Waals surface area contributed by atoms with E-state index >= 15 is 0 Å². The van der Waals surface area contributed by atoms with Gasteiger partial charge in [-0.25, -0.2) is 24.2 Å². The van der Waals surface area contributed by atoms with Gasteiger partial charge in [0.1, 0.15) is 31.3 Å². The Bertz CT molecular complexity index is 551. The number of aromatic amines is 1. The molecule has 0 aliphatic carbocycles. The van der Waals surface area contributed by atoms with Crippen molar-refractivity contribution in [2.75, 3.05) is 0 Å². The van der Waals surface area contributed by atoms with Crippen molar-refractivity contribution >= 4 is 25.3 Å². The van der Waals surface area contributed by atoms with E-state index in [1.165, 1.54) is 10.8 Å². The number of hydrogen-bond donors (Lipinski definition) is 1. The van der Waals surface area contributed by atoms with Gasteiger partial charge in [-0.2, -0.15) is 0 Å². The number of nitriles is 2. The molecule has 22 heavy (non-hydrogen) atoms. The quantitative estimate of drug-likeness (QED) is 0.390. The number of H-pyrrole nitrogens is 1. The molecule has 0 bridgehead atoms. The summed E-state index contributed by atoms with van der Waals surface area (Å²) in [5, 5.41) is 16.9. The Morgan fingerprint density at radius 2 is 1.91 bits per heavy atom. The molecule has 0 spiro atoms. The molecule has 0 aliphatic rings. The Morgan fingerprint density at radius 3 is 2.18 bits per heavy atom. The summed E-state index contributed by atoms with van der Waals surface area (Å²) in [5.74, 6) is 0. The van der Waals surface area contributed by atoms with Gasteiger partial charge in [-0.1, -0.05) is 23.5 Å². The highest BCUT2D eigenvalue weighted by Gasteiger charge is 1.92. The molecule has 6 nitrogen and oxygen atoms in total. The average molecular weight is 336 g/mol. The van der Waals surface area contributed by atoms with Crippen molar-refractivity contribution in [3.8, 4) is 10.8 Å². The molecule has 2 aromatic rings. The molecule has 0 aliphatic heterocycles. The Kier molecular flexibility index (Phi) is 16.5. The number of allylic oxidation sites excluding steroid dienone is 1. The summed E-state index contributed by atoms with van der Waals surface area (Å²) >= 11 is 7.40. The smallest absolute Gasteiger partial charge is 0.243 e. The number of nitrogens with zero attached hydrogens (tertiary/aromatic N) is 5. The summed E-state index contributed by atoms with van der Waals surface area (Å²) in [4.78, 5) is 2.93. The van der Waals surface area contributed by atoms with Crippen molar-refractivity contribution in [1.29, 1.82) is 10.5 Å². The first kappa shape index (κ1) is 21.9. The first-order valence-electron chi connectivity index (χ1n) is 6.25. The third-order valence-electron chi connectivity index (χ3n) is 2.13. The lowest BCUT2D eigenvalue weighted by Gasteiger charge is -1.81. The fourth-order valence-corrected chi connectivity index (χ4v) is 1.27. The van der Waals surface area contributed by atoms with Crippen molar-refractivity contribution in [3.05, 3.63) is 50.1 Å². The summed E-state index contributed by atoms with van der Waals surface area (Å²) in [6, 6.07) is 0. The zero-order chi connectivity index (χ0) is 17.2. The summed E-state index contributed by atoms with van der Waals surface area (Å²) in [7, 11) is 2.02. The molecule has 0 saturated heterocycles. The topological polar surface area (TPSA) is 76.1 Å². The van der Waals surface area contributed by atoms with Crippen LogP contribution in [0.2, 0.25) is 0 Å². The van der Waals surface area contributed by atoms with Crippen LogP contribution in [0.1, 0.15) is 6.92 Å². The van der Waals surface area contributed by atoms with Crippen LogP contribution in [-0.4, -0.2) is 9.55 Å². The van der Waals surface area contributed by atoms with Crippen LogP contribution in [0.25, 0.3) is 0 Å². The number of rotatable bonds is 3. The molecule has 2 aromatic heterocycles. The van der Waals surface area contributed by atoms with Gasteiger partial charge in [0.2, 0.25) is 12.7 Å². The van der Waals surface area contributed by atoms with E-state index in [0.29, 0.717) is 0 Å². The fraction of sp³-hybridized carbons (Fsp3) is 0.286. The molecule has 118 valence electrons. The van der Waals surface area contributed by atoms with Crippen LogP contribution >= 0.6 is 0 Å². The number of nitrogens with one attached hydrogen (secondary N) is 1. The number of aromatic nitrogens is 4. The maximum Gasteiger partial charge on any atom is 0.243 e. The van der Waals surface area contributed by atoms with Gasteiger partial charge in [0.15, 0.2) is 0 Å².